The summed E-state index contributed by atoms with van der Waals surface area (Å²) in [6.45, 7) is -0.640. The average Bonchev–Trinajstić information content (AvgIpc) is 2.82. The number of hydrogen-bond donors (Lipinski definition) is 2. The van der Waals surface area contributed by atoms with Crippen LogP contribution < -0.4 is 9.79 Å². The van der Waals surface area contributed by atoms with Gasteiger partial charge in [0.25, 0.3) is 15.9 Å². The molecule has 0 saturated carbocycles. The lowest BCUT2D eigenvalue weighted by Crippen LogP contribution is -2.40. The summed E-state index contributed by atoms with van der Waals surface area (Å²) in [6, 6.07) is 17.6. The van der Waals surface area contributed by atoms with Crippen molar-refractivity contribution in [2.45, 2.75) is 4.90 Å². The molecule has 3 aromatic rings. The smallest absolute Gasteiger partial charge is 0.264 e. The third-order valence-electron chi connectivity index (χ3n) is 4.35. The molecule has 1 heterocycles. The summed E-state index contributed by atoms with van der Waals surface area (Å²) in [7, 11) is -4.18. The summed E-state index contributed by atoms with van der Waals surface area (Å²) in [5, 5.41) is 17.9. The van der Waals surface area contributed by atoms with E-state index < -0.39 is 22.5 Å². The summed E-state index contributed by atoms with van der Waals surface area (Å²) in [5.41, 5.74) is 3.43. The number of hydroxylamine groups is 1. The topological polar surface area (TPSA) is 123 Å². The molecule has 0 aliphatic carbocycles. The first kappa shape index (κ1) is 21.7. The Balaban J connectivity index is 2.08. The average molecular weight is 434 g/mol. The Morgan fingerprint density at radius 1 is 1.06 bits per heavy atom. The van der Waals surface area contributed by atoms with E-state index in [4.69, 9.17) is 10.5 Å². The minimum atomic E-state index is -4.18. The van der Waals surface area contributed by atoms with Gasteiger partial charge in [0.2, 0.25) is 0 Å². The molecule has 1 amide bonds. The Bertz CT molecular complexity index is 1230. The lowest BCUT2D eigenvalue weighted by Gasteiger charge is -2.25. The number of nitrogens with zero attached hydrogens (tertiary/aromatic N) is 3. The van der Waals surface area contributed by atoms with Gasteiger partial charge in [0.15, 0.2) is 0 Å². The van der Waals surface area contributed by atoms with Crippen molar-refractivity contribution in [1.82, 2.24) is 10.5 Å². The molecule has 0 aliphatic heterocycles. The first-order valence-corrected chi connectivity index (χ1v) is 10.5. The van der Waals surface area contributed by atoms with E-state index in [1.54, 1.807) is 60.9 Å². The highest BCUT2D eigenvalue weighted by Crippen LogP contribution is 2.28. The number of sulfonamides is 1. The SMILES string of the molecule is N#Cc1ccc(S(=O)(=O)N(CC(=O)NO)c2ccccc2/C=C/c2ccncc2)cc1. The zero-order valence-corrected chi connectivity index (χ0v) is 17.0. The van der Waals surface area contributed by atoms with Crippen molar-refractivity contribution in [1.29, 1.82) is 5.26 Å². The van der Waals surface area contributed by atoms with Crippen LogP contribution in [0.1, 0.15) is 16.7 Å². The molecule has 0 atom stereocenters. The molecular weight excluding hydrogens is 416 g/mol. The fourth-order valence-corrected chi connectivity index (χ4v) is 4.26. The van der Waals surface area contributed by atoms with Crippen LogP contribution in [0.4, 0.5) is 5.69 Å². The predicted molar refractivity (Wildman–Crippen MR) is 115 cm³/mol. The van der Waals surface area contributed by atoms with Gasteiger partial charge in [0.05, 0.1) is 22.2 Å². The van der Waals surface area contributed by atoms with Gasteiger partial charge in [-0.15, -0.1) is 0 Å². The molecule has 0 aliphatic rings. The fourth-order valence-electron chi connectivity index (χ4n) is 2.81. The lowest BCUT2D eigenvalue weighted by atomic mass is 10.1. The van der Waals surface area contributed by atoms with Crippen molar-refractivity contribution in [3.8, 4) is 6.07 Å². The number of pyridine rings is 1. The number of hydrogen-bond acceptors (Lipinski definition) is 6. The maximum Gasteiger partial charge on any atom is 0.264 e. The summed E-state index contributed by atoms with van der Waals surface area (Å²) in [5.74, 6) is -0.898. The van der Waals surface area contributed by atoms with E-state index in [1.807, 2.05) is 6.07 Å². The molecule has 156 valence electrons. The molecule has 0 unspecified atom stereocenters. The Labute approximate surface area is 179 Å². The number of aromatic nitrogens is 1. The van der Waals surface area contributed by atoms with Gasteiger partial charge >= 0.3 is 0 Å². The van der Waals surface area contributed by atoms with E-state index in [2.05, 4.69) is 4.98 Å². The molecule has 0 spiro atoms. The molecule has 3 rings (SSSR count). The summed E-state index contributed by atoms with van der Waals surface area (Å²) < 4.78 is 27.6. The predicted octanol–water partition coefficient (Wildman–Crippen LogP) is 2.82. The molecule has 0 bridgehead atoms. The highest BCUT2D eigenvalue weighted by Gasteiger charge is 2.28. The third-order valence-corrected chi connectivity index (χ3v) is 6.12. The van der Waals surface area contributed by atoms with Crippen LogP contribution in [0, 0.1) is 11.3 Å². The monoisotopic (exact) mass is 434 g/mol. The summed E-state index contributed by atoms with van der Waals surface area (Å²) in [4.78, 5) is 15.8. The number of benzene rings is 2. The maximum atomic E-state index is 13.4. The van der Waals surface area contributed by atoms with Gasteiger partial charge in [-0.3, -0.25) is 19.3 Å². The molecule has 1 aromatic heterocycles. The molecule has 0 fully saturated rings. The minimum Gasteiger partial charge on any atom is -0.289 e. The van der Waals surface area contributed by atoms with Crippen molar-refractivity contribution in [3.63, 3.8) is 0 Å². The van der Waals surface area contributed by atoms with Crippen LogP contribution in [-0.4, -0.2) is 31.1 Å². The number of amides is 1. The van der Waals surface area contributed by atoms with Crippen LogP contribution in [0.25, 0.3) is 12.2 Å². The second kappa shape index (κ2) is 9.67. The minimum absolute atomic E-state index is 0.0924. The van der Waals surface area contributed by atoms with E-state index in [-0.39, 0.29) is 10.6 Å². The van der Waals surface area contributed by atoms with Crippen molar-refractivity contribution < 1.29 is 18.4 Å². The second-order valence-corrected chi connectivity index (χ2v) is 8.22. The zero-order chi connectivity index (χ0) is 22.3. The molecule has 0 radical (unpaired) electrons. The largest absolute Gasteiger partial charge is 0.289 e. The second-order valence-electron chi connectivity index (χ2n) is 6.36. The van der Waals surface area contributed by atoms with Crippen LogP contribution in [0.15, 0.2) is 78.0 Å². The lowest BCUT2D eigenvalue weighted by molar-refractivity contribution is -0.127. The number of para-hydroxylation sites is 1. The Morgan fingerprint density at radius 3 is 2.39 bits per heavy atom. The first-order valence-electron chi connectivity index (χ1n) is 9.08. The van der Waals surface area contributed by atoms with Crippen LogP contribution >= 0.6 is 0 Å². The van der Waals surface area contributed by atoms with Crippen molar-refractivity contribution >= 4 is 33.8 Å². The molecule has 2 N–H and O–H groups in total. The van der Waals surface area contributed by atoms with E-state index >= 15 is 0 Å². The Morgan fingerprint density at radius 2 is 1.74 bits per heavy atom. The third kappa shape index (κ3) is 5.14. The molecule has 9 heteroatoms. The van der Waals surface area contributed by atoms with Gasteiger partial charge < -0.3 is 0 Å². The molecular formula is C22H18N4O4S. The van der Waals surface area contributed by atoms with Gasteiger partial charge in [0.1, 0.15) is 6.54 Å². The number of carbonyl (C=O) groups is 1. The number of nitrogens with one attached hydrogen (secondary N) is 1. The normalized spacial score (nSPS) is 11.1. The van der Waals surface area contributed by atoms with Crippen molar-refractivity contribution in [3.05, 3.63) is 89.7 Å². The van der Waals surface area contributed by atoms with Gasteiger partial charge in [0, 0.05) is 12.4 Å². The number of anilines is 1. The van der Waals surface area contributed by atoms with Crippen molar-refractivity contribution in [2.75, 3.05) is 10.8 Å². The van der Waals surface area contributed by atoms with E-state index in [9.17, 15) is 13.2 Å². The first-order chi connectivity index (χ1) is 15.0. The summed E-state index contributed by atoms with van der Waals surface area (Å²) in [6.07, 6.45) is 6.79. The van der Waals surface area contributed by atoms with Gasteiger partial charge in [-0.1, -0.05) is 30.4 Å². The molecule has 31 heavy (non-hydrogen) atoms. The van der Waals surface area contributed by atoms with Gasteiger partial charge in [-0.25, -0.2) is 13.9 Å². The number of rotatable bonds is 7. The quantitative estimate of drug-likeness (QED) is 0.435. The van der Waals surface area contributed by atoms with Gasteiger partial charge in [-0.05, 0) is 53.6 Å². The van der Waals surface area contributed by atoms with Gasteiger partial charge in [-0.2, -0.15) is 5.26 Å². The van der Waals surface area contributed by atoms with Crippen LogP contribution in [0.3, 0.4) is 0 Å². The molecule has 0 saturated heterocycles. The van der Waals surface area contributed by atoms with E-state index in [0.29, 0.717) is 11.1 Å². The highest BCUT2D eigenvalue weighted by atomic mass is 32.2. The zero-order valence-electron chi connectivity index (χ0n) is 16.2. The van der Waals surface area contributed by atoms with E-state index in [0.717, 1.165) is 9.87 Å². The Kier molecular flexibility index (Phi) is 6.77. The number of carbonyl (C=O) groups excluding carboxylic acids is 1. The summed E-state index contributed by atoms with van der Waals surface area (Å²) >= 11 is 0. The van der Waals surface area contributed by atoms with Crippen LogP contribution in [0.2, 0.25) is 0 Å². The Hall–Kier alpha value is -4.00. The van der Waals surface area contributed by atoms with Crippen molar-refractivity contribution in [2.24, 2.45) is 0 Å². The maximum absolute atomic E-state index is 13.4. The molecule has 2 aromatic carbocycles. The number of nitriles is 1. The molecule has 8 nitrogen and oxygen atoms in total. The van der Waals surface area contributed by atoms with E-state index in [1.165, 1.54) is 29.7 Å². The van der Waals surface area contributed by atoms with Crippen LogP contribution in [-0.2, 0) is 14.8 Å². The fraction of sp³-hybridized carbons (Fsp3) is 0.0455. The highest BCUT2D eigenvalue weighted by molar-refractivity contribution is 7.92. The van der Waals surface area contributed by atoms with Crippen LogP contribution in [0.5, 0.6) is 0 Å². The standard InChI is InChI=1S/C22H18N4O4S/c23-15-18-6-9-20(10-7-18)31(29,30)26(16-22(27)25-28)21-4-2-1-3-19(21)8-5-17-11-13-24-14-12-17/h1-14,28H,16H2,(H,25,27)/b8-5+.